The Labute approximate surface area is 193 Å². The molecule has 168 valence electrons. The van der Waals surface area contributed by atoms with Crippen molar-refractivity contribution >= 4 is 22.4 Å². The lowest BCUT2D eigenvalue weighted by molar-refractivity contribution is -0.116. The SMILES string of the molecule is COc1cc2occ(-c3ccccc3OC)c2cc1/C(C)=C/C(=O)NCc1ccc(C)cc1. The Morgan fingerprint density at radius 2 is 1.70 bits per heavy atom. The molecule has 0 saturated heterocycles. The van der Waals surface area contributed by atoms with Crippen LogP contribution in [0.2, 0.25) is 0 Å². The fourth-order valence-corrected chi connectivity index (χ4v) is 3.83. The number of nitrogens with one attached hydrogen (secondary N) is 1. The predicted octanol–water partition coefficient (Wildman–Crippen LogP) is 6.15. The lowest BCUT2D eigenvalue weighted by atomic mass is 9.98. The molecule has 33 heavy (non-hydrogen) atoms. The zero-order valence-corrected chi connectivity index (χ0v) is 19.3. The summed E-state index contributed by atoms with van der Waals surface area (Å²) >= 11 is 0. The normalized spacial score (nSPS) is 11.5. The van der Waals surface area contributed by atoms with E-state index in [9.17, 15) is 4.79 Å². The first-order chi connectivity index (χ1) is 16.0. The molecule has 0 aliphatic rings. The second-order valence-corrected chi connectivity index (χ2v) is 7.93. The number of fused-ring (bicyclic) bond motifs is 1. The van der Waals surface area contributed by atoms with Crippen molar-refractivity contribution in [2.45, 2.75) is 20.4 Å². The molecule has 0 aliphatic heterocycles. The molecule has 1 N–H and O–H groups in total. The Morgan fingerprint density at radius 3 is 2.42 bits per heavy atom. The summed E-state index contributed by atoms with van der Waals surface area (Å²) < 4.78 is 17.0. The highest BCUT2D eigenvalue weighted by atomic mass is 16.5. The number of amides is 1. The molecule has 0 spiro atoms. The van der Waals surface area contributed by atoms with E-state index >= 15 is 0 Å². The van der Waals surface area contributed by atoms with Crippen LogP contribution in [-0.2, 0) is 11.3 Å². The summed E-state index contributed by atoms with van der Waals surface area (Å²) in [6, 6.07) is 19.8. The maximum atomic E-state index is 12.6. The molecule has 1 amide bonds. The van der Waals surface area contributed by atoms with Gasteiger partial charge in [0.15, 0.2) is 0 Å². The van der Waals surface area contributed by atoms with Crippen molar-refractivity contribution in [3.05, 3.63) is 89.7 Å². The van der Waals surface area contributed by atoms with Crippen molar-refractivity contribution in [2.24, 2.45) is 0 Å². The average molecular weight is 442 g/mol. The van der Waals surface area contributed by atoms with Gasteiger partial charge in [0.25, 0.3) is 0 Å². The van der Waals surface area contributed by atoms with Crippen molar-refractivity contribution in [1.82, 2.24) is 5.32 Å². The van der Waals surface area contributed by atoms with Crippen molar-refractivity contribution in [2.75, 3.05) is 14.2 Å². The maximum absolute atomic E-state index is 12.6. The van der Waals surface area contributed by atoms with E-state index in [0.29, 0.717) is 17.9 Å². The topological polar surface area (TPSA) is 60.7 Å². The molecule has 1 aromatic heterocycles. The Balaban J connectivity index is 1.65. The van der Waals surface area contributed by atoms with Crippen LogP contribution >= 0.6 is 0 Å². The molecular formula is C28H27NO4. The van der Waals surface area contributed by atoms with Crippen LogP contribution in [0.15, 0.2) is 77.4 Å². The smallest absolute Gasteiger partial charge is 0.244 e. The van der Waals surface area contributed by atoms with Crippen LogP contribution in [0.5, 0.6) is 11.5 Å². The molecule has 5 nitrogen and oxygen atoms in total. The van der Waals surface area contributed by atoms with E-state index in [1.807, 2.05) is 74.5 Å². The van der Waals surface area contributed by atoms with Gasteiger partial charge in [-0.25, -0.2) is 0 Å². The number of allylic oxidation sites excluding steroid dienone is 1. The number of hydrogen-bond donors (Lipinski definition) is 1. The fraction of sp³-hybridized carbons (Fsp3) is 0.179. The number of ether oxygens (including phenoxy) is 2. The molecule has 0 fully saturated rings. The minimum Gasteiger partial charge on any atom is -0.496 e. The van der Waals surface area contributed by atoms with E-state index in [4.69, 9.17) is 13.9 Å². The van der Waals surface area contributed by atoms with Gasteiger partial charge in [-0.3, -0.25) is 4.79 Å². The zero-order chi connectivity index (χ0) is 23.4. The average Bonchev–Trinajstić information content (AvgIpc) is 3.25. The molecular weight excluding hydrogens is 414 g/mol. The molecule has 0 aliphatic carbocycles. The van der Waals surface area contributed by atoms with Gasteiger partial charge in [-0.2, -0.15) is 0 Å². The van der Waals surface area contributed by atoms with Crippen LogP contribution < -0.4 is 14.8 Å². The first-order valence-corrected chi connectivity index (χ1v) is 10.7. The van der Waals surface area contributed by atoms with Crippen molar-refractivity contribution in [1.29, 1.82) is 0 Å². The van der Waals surface area contributed by atoms with Crippen LogP contribution in [0.4, 0.5) is 0 Å². The number of para-hydroxylation sites is 1. The maximum Gasteiger partial charge on any atom is 0.244 e. The third kappa shape index (κ3) is 4.77. The highest BCUT2D eigenvalue weighted by Crippen LogP contribution is 2.40. The minimum absolute atomic E-state index is 0.160. The molecule has 0 radical (unpaired) electrons. The summed E-state index contributed by atoms with van der Waals surface area (Å²) in [5, 5.41) is 3.87. The summed E-state index contributed by atoms with van der Waals surface area (Å²) in [6.07, 6.45) is 3.32. The molecule has 4 rings (SSSR count). The van der Waals surface area contributed by atoms with Crippen LogP contribution in [0.25, 0.3) is 27.7 Å². The highest BCUT2D eigenvalue weighted by molar-refractivity contribution is 6.01. The Bertz CT molecular complexity index is 1320. The number of aryl methyl sites for hydroxylation is 1. The van der Waals surface area contributed by atoms with Crippen LogP contribution in [0, 0.1) is 6.92 Å². The number of rotatable bonds is 7. The summed E-state index contributed by atoms with van der Waals surface area (Å²) in [6.45, 7) is 4.41. The van der Waals surface area contributed by atoms with E-state index in [0.717, 1.165) is 39.0 Å². The Hall–Kier alpha value is -3.99. The zero-order valence-electron chi connectivity index (χ0n) is 19.3. The van der Waals surface area contributed by atoms with Crippen molar-refractivity contribution < 1.29 is 18.7 Å². The van der Waals surface area contributed by atoms with Gasteiger partial charge in [0, 0.05) is 40.8 Å². The molecule has 1 heterocycles. The molecule has 0 atom stereocenters. The number of carbonyl (C=O) groups is 1. The summed E-state index contributed by atoms with van der Waals surface area (Å²) in [7, 11) is 3.26. The molecule has 4 aromatic rings. The third-order valence-corrected chi connectivity index (χ3v) is 5.65. The molecule has 0 unspecified atom stereocenters. The number of furan rings is 1. The molecule has 3 aromatic carbocycles. The summed E-state index contributed by atoms with van der Waals surface area (Å²) in [4.78, 5) is 12.6. The van der Waals surface area contributed by atoms with Gasteiger partial charge >= 0.3 is 0 Å². The Kier molecular flexibility index (Phi) is 6.50. The fourth-order valence-electron chi connectivity index (χ4n) is 3.83. The van der Waals surface area contributed by atoms with Crippen LogP contribution in [0.1, 0.15) is 23.6 Å². The monoisotopic (exact) mass is 441 g/mol. The van der Waals surface area contributed by atoms with Crippen molar-refractivity contribution in [3.63, 3.8) is 0 Å². The van der Waals surface area contributed by atoms with Gasteiger partial charge in [0.05, 0.1) is 20.5 Å². The van der Waals surface area contributed by atoms with Crippen molar-refractivity contribution in [3.8, 4) is 22.6 Å². The minimum atomic E-state index is -0.160. The second-order valence-electron chi connectivity index (χ2n) is 7.93. The quantitative estimate of drug-likeness (QED) is 0.350. The predicted molar refractivity (Wildman–Crippen MR) is 131 cm³/mol. The first kappa shape index (κ1) is 22.2. The summed E-state index contributed by atoms with van der Waals surface area (Å²) in [5.74, 6) is 1.25. The summed E-state index contributed by atoms with van der Waals surface area (Å²) in [5.41, 5.74) is 6.42. The van der Waals surface area contributed by atoms with Crippen LogP contribution in [0.3, 0.4) is 0 Å². The van der Waals surface area contributed by atoms with E-state index in [1.165, 1.54) is 5.56 Å². The van der Waals surface area contributed by atoms with E-state index in [-0.39, 0.29) is 5.91 Å². The number of methoxy groups -OCH3 is 2. The third-order valence-electron chi connectivity index (χ3n) is 5.65. The van der Waals surface area contributed by atoms with Gasteiger partial charge in [0.2, 0.25) is 5.91 Å². The van der Waals surface area contributed by atoms with Gasteiger partial charge in [0.1, 0.15) is 17.1 Å². The van der Waals surface area contributed by atoms with E-state index in [1.54, 1.807) is 26.6 Å². The molecule has 0 saturated carbocycles. The van der Waals surface area contributed by atoms with Gasteiger partial charge in [-0.15, -0.1) is 0 Å². The highest BCUT2D eigenvalue weighted by Gasteiger charge is 2.17. The lowest BCUT2D eigenvalue weighted by Crippen LogP contribution is -2.20. The number of carbonyl (C=O) groups excluding carboxylic acids is 1. The van der Waals surface area contributed by atoms with Crippen LogP contribution in [-0.4, -0.2) is 20.1 Å². The van der Waals surface area contributed by atoms with Gasteiger partial charge in [-0.05, 0) is 37.1 Å². The van der Waals surface area contributed by atoms with E-state index in [2.05, 4.69) is 5.32 Å². The largest absolute Gasteiger partial charge is 0.496 e. The van der Waals surface area contributed by atoms with E-state index < -0.39 is 0 Å². The van der Waals surface area contributed by atoms with Gasteiger partial charge < -0.3 is 19.2 Å². The first-order valence-electron chi connectivity index (χ1n) is 10.7. The molecule has 0 bridgehead atoms. The Morgan fingerprint density at radius 1 is 0.970 bits per heavy atom. The lowest BCUT2D eigenvalue weighted by Gasteiger charge is -2.11. The van der Waals surface area contributed by atoms with Gasteiger partial charge in [-0.1, -0.05) is 48.0 Å². The second kappa shape index (κ2) is 9.65. The number of benzene rings is 3. The molecule has 5 heteroatoms. The number of hydrogen-bond acceptors (Lipinski definition) is 4. The standard InChI is InChI=1S/C28H27NO4/c1-18-9-11-20(12-10-18)16-29-28(30)13-19(2)22-14-23-24(17-33-27(23)15-26(22)32-4)21-7-5-6-8-25(21)31-3/h5-15,17H,16H2,1-4H3,(H,29,30)/b19-13+.